The molecule has 4 nitrogen and oxygen atoms in total. The third kappa shape index (κ3) is 10.8. The van der Waals surface area contributed by atoms with Crippen LogP contribution in [0.1, 0.15) is 99.1 Å². The first-order valence-corrected chi connectivity index (χ1v) is 20.9. The van der Waals surface area contributed by atoms with Gasteiger partial charge in [-0.15, -0.1) is 5.69 Å². The molecule has 1 saturated heterocycles. The van der Waals surface area contributed by atoms with E-state index >= 15 is 0 Å². The molecule has 0 amide bonds. The van der Waals surface area contributed by atoms with E-state index in [2.05, 4.69) is 31.8 Å². The zero-order valence-electron chi connectivity index (χ0n) is 28.5. The van der Waals surface area contributed by atoms with Gasteiger partial charge in [-0.2, -0.15) is 0 Å². The van der Waals surface area contributed by atoms with E-state index in [1.165, 1.54) is 69.4 Å². The van der Waals surface area contributed by atoms with Gasteiger partial charge < -0.3 is 19.9 Å². The molecule has 0 bridgehead atoms. The molecule has 2 aliphatic carbocycles. The predicted molar refractivity (Wildman–Crippen MR) is 193 cm³/mol. The summed E-state index contributed by atoms with van der Waals surface area (Å²) in [6.45, 7) is 6.96. The van der Waals surface area contributed by atoms with Crippen LogP contribution in [0.25, 0.3) is 5.32 Å². The molecule has 0 aromatic heterocycles. The van der Waals surface area contributed by atoms with E-state index in [0.29, 0.717) is 0 Å². The van der Waals surface area contributed by atoms with Gasteiger partial charge >= 0.3 is 26.2 Å². The summed E-state index contributed by atoms with van der Waals surface area (Å²) in [7, 11) is -1.48. The molecule has 4 aromatic carbocycles. The van der Waals surface area contributed by atoms with E-state index in [9.17, 15) is 5.11 Å². The van der Waals surface area contributed by atoms with Crippen LogP contribution in [0, 0.1) is 0 Å². The summed E-state index contributed by atoms with van der Waals surface area (Å²) in [5.41, 5.74) is 3.46. The maximum Gasteiger partial charge on any atom is 3.00 e. The van der Waals surface area contributed by atoms with Gasteiger partial charge in [-0.1, -0.05) is 210 Å². The molecule has 1 radical (unpaired) electrons. The molecule has 3 atom stereocenters. The van der Waals surface area contributed by atoms with Gasteiger partial charge in [0.2, 0.25) is 0 Å². The zero-order chi connectivity index (χ0) is 32.2. The molecule has 1 heterocycles. The summed E-state index contributed by atoms with van der Waals surface area (Å²) in [4.78, 5) is 0. The molecule has 4 aromatic rings. The molecule has 0 spiro atoms. The van der Waals surface area contributed by atoms with Gasteiger partial charge in [0, 0.05) is 0 Å². The van der Waals surface area contributed by atoms with Crippen LogP contribution >= 0.6 is 0 Å². The minimum absolute atomic E-state index is 0. The van der Waals surface area contributed by atoms with Crippen molar-refractivity contribution in [2.24, 2.45) is 0 Å². The number of nitrogens with zero attached hydrogens (tertiary/aromatic N) is 1. The van der Waals surface area contributed by atoms with Crippen molar-refractivity contribution in [1.29, 1.82) is 0 Å². The molecule has 3 aliphatic rings. The first kappa shape index (κ1) is 37.5. The van der Waals surface area contributed by atoms with E-state index in [4.69, 9.17) is 14.8 Å². The summed E-state index contributed by atoms with van der Waals surface area (Å²) in [6, 6.07) is 37.1. The van der Waals surface area contributed by atoms with Crippen molar-refractivity contribution < 1.29 is 40.8 Å². The molecule has 0 unspecified atom stereocenters. The van der Waals surface area contributed by atoms with Crippen LogP contribution in [0.15, 0.2) is 115 Å². The average Bonchev–Trinajstić information content (AvgIpc) is 3.91. The Morgan fingerprint density at radius 3 is 1.30 bits per heavy atom. The number of para-hydroxylation sites is 1. The van der Waals surface area contributed by atoms with Gasteiger partial charge in [-0.25, -0.2) is 0 Å². The number of aliphatic hydroxyl groups is 1. The van der Waals surface area contributed by atoms with E-state index in [1.54, 1.807) is 0 Å². The van der Waals surface area contributed by atoms with Gasteiger partial charge in [0.1, 0.15) is 12.2 Å². The monoisotopic (exact) mass is 724 g/mol. The summed E-state index contributed by atoms with van der Waals surface area (Å²) in [6.07, 6.45) is 14.0. The second-order valence-electron chi connectivity index (χ2n) is 13.8. The third-order valence-electron chi connectivity index (χ3n) is 9.10. The second-order valence-corrected chi connectivity index (χ2v) is 18.9. The number of benzene rings is 4. The van der Waals surface area contributed by atoms with E-state index in [0.717, 1.165) is 22.4 Å². The van der Waals surface area contributed by atoms with Crippen molar-refractivity contribution in [3.05, 3.63) is 137 Å². The maximum atomic E-state index is 12.0. The molecular formula is C41H52NO3SiZr+2. The van der Waals surface area contributed by atoms with Crippen LogP contribution in [-0.4, -0.2) is 19.2 Å². The fraction of sp³-hybridized carbons (Fsp3) is 0.415. The molecule has 7 rings (SSSR count). The Morgan fingerprint density at radius 2 is 0.936 bits per heavy atom. The SMILES string of the molecule is C1CCCC1.C1CCCC1.C[Si](C)(C)c1ccc([C@@H]([N-]c2ccccc2)C2(O)O[C@H](c3ccccc3)[C@@H](c3ccccc3)O2)cc1.[Zr+3]. The normalized spacial score (nSPS) is 20.5. The zero-order valence-corrected chi connectivity index (χ0v) is 31.9. The minimum atomic E-state index is -1.96. The number of rotatable bonds is 7. The van der Waals surface area contributed by atoms with Crippen LogP contribution in [0.5, 0.6) is 0 Å². The average molecular weight is 726 g/mol. The minimum Gasteiger partial charge on any atom is -0.672 e. The summed E-state index contributed by atoms with van der Waals surface area (Å²) >= 11 is 0. The molecule has 1 aliphatic heterocycles. The van der Waals surface area contributed by atoms with E-state index in [1.807, 2.05) is 103 Å². The van der Waals surface area contributed by atoms with Crippen molar-refractivity contribution in [1.82, 2.24) is 0 Å². The molecular weight excluding hydrogens is 674 g/mol. The third-order valence-corrected chi connectivity index (χ3v) is 11.2. The molecule has 6 heteroatoms. The first-order chi connectivity index (χ1) is 22.3. The second kappa shape index (κ2) is 18.4. The Hall–Kier alpha value is -2.34. The molecule has 2 saturated carbocycles. The maximum absolute atomic E-state index is 12.0. The van der Waals surface area contributed by atoms with Gasteiger partial charge in [-0.05, 0) is 17.2 Å². The summed E-state index contributed by atoms with van der Waals surface area (Å²) in [5.74, 6) is -1.96. The van der Waals surface area contributed by atoms with Crippen LogP contribution < -0.4 is 5.19 Å². The van der Waals surface area contributed by atoms with Crippen molar-refractivity contribution in [2.45, 2.75) is 108 Å². The molecule has 1 N–H and O–H groups in total. The van der Waals surface area contributed by atoms with Gasteiger partial charge in [0.05, 0.1) is 8.07 Å². The molecule has 245 valence electrons. The number of ether oxygens (including phenoxy) is 2. The van der Waals surface area contributed by atoms with Crippen LogP contribution in [-0.2, 0) is 35.7 Å². The number of hydrogen-bond acceptors (Lipinski definition) is 3. The quantitative estimate of drug-likeness (QED) is 0.193. The Balaban J connectivity index is 0.000000387. The van der Waals surface area contributed by atoms with E-state index in [-0.39, 0.29) is 26.2 Å². The summed E-state index contributed by atoms with van der Waals surface area (Å²) in [5, 5.41) is 18.3. The van der Waals surface area contributed by atoms with Gasteiger partial charge in [0.25, 0.3) is 5.97 Å². The fourth-order valence-electron chi connectivity index (χ4n) is 6.38. The predicted octanol–water partition coefficient (Wildman–Crippen LogP) is 11.1. The van der Waals surface area contributed by atoms with Gasteiger partial charge in [-0.3, -0.25) is 0 Å². The fourth-order valence-corrected chi connectivity index (χ4v) is 7.54. The Morgan fingerprint density at radius 1 is 0.574 bits per heavy atom. The van der Waals surface area contributed by atoms with Crippen molar-refractivity contribution in [2.75, 3.05) is 0 Å². The Kier molecular flexibility index (Phi) is 14.7. The topological polar surface area (TPSA) is 52.8 Å². The summed E-state index contributed by atoms with van der Waals surface area (Å²) < 4.78 is 12.9. The van der Waals surface area contributed by atoms with Crippen molar-refractivity contribution >= 4 is 18.9 Å². The Labute approximate surface area is 303 Å². The molecule has 3 fully saturated rings. The van der Waals surface area contributed by atoms with Crippen LogP contribution in [0.2, 0.25) is 19.6 Å². The van der Waals surface area contributed by atoms with Crippen LogP contribution in [0.3, 0.4) is 0 Å². The number of hydrogen-bond donors (Lipinski definition) is 1. The van der Waals surface area contributed by atoms with Crippen molar-refractivity contribution in [3.8, 4) is 0 Å². The van der Waals surface area contributed by atoms with Crippen LogP contribution in [0.4, 0.5) is 5.69 Å². The standard InChI is InChI=1S/C31H32NO3Si.2C5H10.Zr/c1-36(2,3)27-21-19-25(20-22-27)30(32-26-17-11-6-12-18-26)31(33)34-28(23-13-7-4-8-14-23)29(35-31)24-15-9-5-10-16-24;2*1-2-4-5-3-1;/h4-22,28-30,33H,1-3H3;2*1-5H2;/q-1;;;+3/t28-,29-,30-;;;/m1.../s1. The van der Waals surface area contributed by atoms with E-state index < -0.39 is 32.3 Å². The van der Waals surface area contributed by atoms with Crippen molar-refractivity contribution in [3.63, 3.8) is 0 Å². The van der Waals surface area contributed by atoms with Gasteiger partial charge in [0.15, 0.2) is 0 Å². The Bertz CT molecular complexity index is 1350. The largest absolute Gasteiger partial charge is 3.00 e. The molecule has 47 heavy (non-hydrogen) atoms. The first-order valence-electron chi connectivity index (χ1n) is 17.4. The smallest absolute Gasteiger partial charge is 0.672 e.